The van der Waals surface area contributed by atoms with Gasteiger partial charge in [-0.05, 0) is 67.7 Å². The Morgan fingerprint density at radius 3 is 2.50 bits per heavy atom. The second kappa shape index (κ2) is 10.7. The lowest BCUT2D eigenvalue weighted by Crippen LogP contribution is -2.54. The van der Waals surface area contributed by atoms with Gasteiger partial charge < -0.3 is 9.80 Å². The Morgan fingerprint density at radius 1 is 1.07 bits per heavy atom. The number of aromatic nitrogens is 3. The number of halogens is 1. The first-order valence-corrected chi connectivity index (χ1v) is 13.6. The molecule has 206 valence electrons. The first-order chi connectivity index (χ1) is 19.1. The zero-order chi connectivity index (χ0) is 28.7. The first kappa shape index (κ1) is 27.2. The molecule has 0 spiro atoms. The van der Waals surface area contributed by atoms with Gasteiger partial charge in [-0.1, -0.05) is 50.8 Å². The number of nitrogens with zero attached hydrogens (tertiary/aromatic N) is 5. The average molecular weight is 540 g/mol. The minimum absolute atomic E-state index is 0.0974. The molecule has 3 heterocycles. The highest BCUT2D eigenvalue weighted by Crippen LogP contribution is 2.34. The van der Waals surface area contributed by atoms with Crippen molar-refractivity contribution in [1.82, 2.24) is 19.4 Å². The number of carbonyl (C=O) groups excluding carboxylic acids is 1. The third kappa shape index (κ3) is 4.68. The van der Waals surface area contributed by atoms with Crippen LogP contribution in [0.3, 0.4) is 0 Å². The van der Waals surface area contributed by atoms with Crippen LogP contribution >= 0.6 is 0 Å². The molecule has 0 N–H and O–H groups in total. The van der Waals surface area contributed by atoms with Crippen molar-refractivity contribution >= 4 is 22.8 Å². The molecule has 0 saturated carbocycles. The van der Waals surface area contributed by atoms with Gasteiger partial charge in [0.15, 0.2) is 5.65 Å². The predicted octanol–water partition coefficient (Wildman–Crippen LogP) is 5.55. The highest BCUT2D eigenvalue weighted by atomic mass is 19.1. The van der Waals surface area contributed by atoms with Crippen LogP contribution in [0.4, 0.5) is 10.2 Å². The molecule has 4 aromatic rings. The highest BCUT2D eigenvalue weighted by molar-refractivity contribution is 5.92. The van der Waals surface area contributed by atoms with Gasteiger partial charge in [0.2, 0.25) is 5.91 Å². The fraction of sp³-hybridized carbons (Fsp3) is 0.312. The standard InChI is InChI=1S/C32H34FN5O2/c1-7-27(39)36-15-16-37(22(6)18-36)30-25-17-21(5)28(24-12-8-9-14-26(24)33)34-31(25)38(32(40)35-30)29-20(4)11-10-13-23(29)19(2)3/h7-14,17,19,22H,1,15-16,18H2,2-6H3/t22-/m0/s1. The summed E-state index contributed by atoms with van der Waals surface area (Å²) in [7, 11) is 0. The number of fused-ring (bicyclic) bond motifs is 1. The van der Waals surface area contributed by atoms with E-state index in [2.05, 4.69) is 30.3 Å². The summed E-state index contributed by atoms with van der Waals surface area (Å²) < 4.78 is 16.6. The summed E-state index contributed by atoms with van der Waals surface area (Å²) in [6.07, 6.45) is 1.32. The number of hydrogen-bond acceptors (Lipinski definition) is 5. The molecule has 0 radical (unpaired) electrons. The molecule has 7 nitrogen and oxygen atoms in total. The van der Waals surface area contributed by atoms with Crippen molar-refractivity contribution in [3.05, 3.63) is 94.2 Å². The number of aryl methyl sites for hydroxylation is 2. The summed E-state index contributed by atoms with van der Waals surface area (Å²) in [6.45, 7) is 15.1. The summed E-state index contributed by atoms with van der Waals surface area (Å²) in [5.74, 6) is 0.164. The molecule has 2 aromatic carbocycles. The van der Waals surface area contributed by atoms with Crippen molar-refractivity contribution in [2.45, 2.75) is 46.6 Å². The summed E-state index contributed by atoms with van der Waals surface area (Å²) in [4.78, 5) is 39.7. The number of piperazine rings is 1. The SMILES string of the molecule is C=CC(=O)N1CCN(c2nc(=O)n(-c3c(C)cccc3C(C)C)c3nc(-c4ccccc4F)c(C)cc23)[C@@H](C)C1. The Hall–Kier alpha value is -4.33. The van der Waals surface area contributed by atoms with Gasteiger partial charge in [0.1, 0.15) is 11.6 Å². The van der Waals surface area contributed by atoms with Gasteiger partial charge in [-0.3, -0.25) is 4.79 Å². The highest BCUT2D eigenvalue weighted by Gasteiger charge is 2.30. The van der Waals surface area contributed by atoms with E-state index in [9.17, 15) is 14.0 Å². The average Bonchev–Trinajstić information content (AvgIpc) is 2.93. The van der Waals surface area contributed by atoms with Crippen LogP contribution in [0.25, 0.3) is 28.0 Å². The lowest BCUT2D eigenvalue weighted by atomic mass is 9.97. The van der Waals surface area contributed by atoms with Crippen LogP contribution in [0.1, 0.15) is 43.4 Å². The predicted molar refractivity (Wildman–Crippen MR) is 158 cm³/mol. The largest absolute Gasteiger partial charge is 0.355 e. The zero-order valence-corrected chi connectivity index (χ0v) is 23.6. The van der Waals surface area contributed by atoms with Gasteiger partial charge in [-0.25, -0.2) is 18.7 Å². The minimum atomic E-state index is -0.452. The molecule has 1 amide bonds. The number of para-hydroxylation sites is 1. The van der Waals surface area contributed by atoms with Crippen LogP contribution in [0.15, 0.2) is 66.0 Å². The molecule has 1 aliphatic rings. The van der Waals surface area contributed by atoms with E-state index in [-0.39, 0.29) is 23.7 Å². The third-order valence-corrected chi connectivity index (χ3v) is 7.67. The summed E-state index contributed by atoms with van der Waals surface area (Å²) in [6, 6.07) is 14.4. The lowest BCUT2D eigenvalue weighted by Gasteiger charge is -2.40. The number of hydrogen-bond donors (Lipinski definition) is 0. The number of pyridine rings is 1. The van der Waals surface area contributed by atoms with Gasteiger partial charge in [0, 0.05) is 31.2 Å². The summed E-state index contributed by atoms with van der Waals surface area (Å²) >= 11 is 0. The van der Waals surface area contributed by atoms with E-state index in [1.165, 1.54) is 12.1 Å². The molecule has 0 aliphatic carbocycles. The maximum absolute atomic E-state index is 15.0. The van der Waals surface area contributed by atoms with Gasteiger partial charge in [-0.15, -0.1) is 0 Å². The molecule has 1 saturated heterocycles. The molecule has 0 bridgehead atoms. The van der Waals surface area contributed by atoms with Crippen molar-refractivity contribution in [3.63, 3.8) is 0 Å². The van der Waals surface area contributed by atoms with Crippen LogP contribution in [-0.4, -0.2) is 51.0 Å². The smallest absolute Gasteiger partial charge is 0.350 e. The lowest BCUT2D eigenvalue weighted by molar-refractivity contribution is -0.126. The van der Waals surface area contributed by atoms with E-state index in [0.717, 1.165) is 22.4 Å². The molecular formula is C32H34FN5O2. The van der Waals surface area contributed by atoms with Crippen molar-refractivity contribution in [2.24, 2.45) is 0 Å². The van der Waals surface area contributed by atoms with Crippen molar-refractivity contribution in [2.75, 3.05) is 24.5 Å². The van der Waals surface area contributed by atoms with E-state index < -0.39 is 5.69 Å². The molecule has 2 aromatic heterocycles. The second-order valence-corrected chi connectivity index (χ2v) is 10.8. The molecule has 1 aliphatic heterocycles. The molecule has 1 atom stereocenters. The van der Waals surface area contributed by atoms with E-state index in [4.69, 9.17) is 4.98 Å². The number of rotatable bonds is 5. The topological polar surface area (TPSA) is 71.3 Å². The van der Waals surface area contributed by atoms with Gasteiger partial charge in [0.05, 0.1) is 16.8 Å². The third-order valence-electron chi connectivity index (χ3n) is 7.67. The van der Waals surface area contributed by atoms with Crippen LogP contribution in [-0.2, 0) is 4.79 Å². The normalized spacial score (nSPS) is 15.6. The van der Waals surface area contributed by atoms with Crippen LogP contribution in [0.5, 0.6) is 0 Å². The van der Waals surface area contributed by atoms with Gasteiger partial charge >= 0.3 is 5.69 Å². The van der Waals surface area contributed by atoms with Crippen molar-refractivity contribution < 1.29 is 9.18 Å². The molecule has 5 rings (SSSR count). The molecule has 8 heteroatoms. The summed E-state index contributed by atoms with van der Waals surface area (Å²) in [5, 5.41) is 0.700. The molecule has 1 fully saturated rings. The Labute approximate surface area is 233 Å². The quantitative estimate of drug-likeness (QED) is 0.311. The Balaban J connectivity index is 1.81. The number of amides is 1. The van der Waals surface area contributed by atoms with Crippen LogP contribution in [0.2, 0.25) is 0 Å². The van der Waals surface area contributed by atoms with Crippen molar-refractivity contribution in [1.29, 1.82) is 0 Å². The maximum Gasteiger partial charge on any atom is 0.355 e. The van der Waals surface area contributed by atoms with E-state index in [1.54, 1.807) is 27.7 Å². The molecule has 0 unspecified atom stereocenters. The van der Waals surface area contributed by atoms with Crippen LogP contribution in [0, 0.1) is 19.7 Å². The van der Waals surface area contributed by atoms with Gasteiger partial charge in [-0.2, -0.15) is 4.98 Å². The first-order valence-electron chi connectivity index (χ1n) is 13.6. The van der Waals surface area contributed by atoms with E-state index >= 15 is 0 Å². The van der Waals surface area contributed by atoms with Crippen LogP contribution < -0.4 is 10.6 Å². The molecule has 40 heavy (non-hydrogen) atoms. The minimum Gasteiger partial charge on any atom is -0.350 e. The van der Waals surface area contributed by atoms with E-state index in [0.29, 0.717) is 47.7 Å². The fourth-order valence-electron chi connectivity index (χ4n) is 5.63. The number of carbonyl (C=O) groups is 1. The molecular weight excluding hydrogens is 505 g/mol. The Bertz CT molecular complexity index is 1690. The fourth-order valence-corrected chi connectivity index (χ4v) is 5.63. The Morgan fingerprint density at radius 2 is 1.82 bits per heavy atom. The van der Waals surface area contributed by atoms with Crippen molar-refractivity contribution in [3.8, 4) is 16.9 Å². The number of benzene rings is 2. The maximum atomic E-state index is 15.0. The monoisotopic (exact) mass is 539 g/mol. The Kier molecular flexibility index (Phi) is 7.27. The summed E-state index contributed by atoms with van der Waals surface area (Å²) in [5.41, 5.74) is 4.26. The van der Waals surface area contributed by atoms with Gasteiger partial charge in [0.25, 0.3) is 0 Å². The number of anilines is 1. The zero-order valence-electron chi connectivity index (χ0n) is 23.6. The second-order valence-electron chi connectivity index (χ2n) is 10.8. The van der Waals surface area contributed by atoms with E-state index in [1.807, 2.05) is 45.0 Å².